The fraction of sp³-hybridized carbons (Fsp3) is 0.130. The molecule has 0 radical (unpaired) electrons. The number of carbonyl (C=O) groups excluding carboxylic acids is 1. The summed E-state index contributed by atoms with van der Waals surface area (Å²) in [5.74, 6) is -0.0849. The smallest absolute Gasteiger partial charge is 0.340 e. The first-order valence-electron chi connectivity index (χ1n) is 9.78. The molecule has 2 aromatic carbocycles. The van der Waals surface area contributed by atoms with E-state index in [0.29, 0.717) is 11.3 Å². The number of H-pyrrole nitrogens is 1. The summed E-state index contributed by atoms with van der Waals surface area (Å²) in [6.07, 6.45) is 0. The molecule has 1 unspecified atom stereocenters. The number of imidazole rings is 1. The summed E-state index contributed by atoms with van der Waals surface area (Å²) in [6, 6.07) is 17.8. The van der Waals surface area contributed by atoms with Gasteiger partial charge in [-0.15, -0.1) is 11.3 Å². The monoisotopic (exact) mass is 449 g/mol. The molecule has 0 saturated carbocycles. The number of aromatic amines is 1. The molecule has 6 nitrogen and oxygen atoms in total. The molecule has 0 bridgehead atoms. The molecule has 1 atom stereocenters. The Hall–Kier alpha value is -3.23. The molecule has 0 fully saturated rings. The van der Waals surface area contributed by atoms with Crippen LogP contribution in [0.25, 0.3) is 11.0 Å². The van der Waals surface area contributed by atoms with E-state index >= 15 is 0 Å². The van der Waals surface area contributed by atoms with Gasteiger partial charge >= 0.3 is 5.97 Å². The summed E-state index contributed by atoms with van der Waals surface area (Å²) < 4.78 is 11.1. The highest BCUT2D eigenvalue weighted by Gasteiger charge is 2.36. The van der Waals surface area contributed by atoms with Crippen molar-refractivity contribution in [3.05, 3.63) is 81.9 Å². The van der Waals surface area contributed by atoms with Crippen LogP contribution in [0.4, 0.5) is 0 Å². The number of carbonyl (C=O) groups is 1. The van der Waals surface area contributed by atoms with Gasteiger partial charge in [-0.2, -0.15) is 0 Å². The van der Waals surface area contributed by atoms with Crippen LogP contribution < -0.4 is 10.5 Å². The summed E-state index contributed by atoms with van der Waals surface area (Å²) in [6.45, 7) is 2.04. The number of rotatable bonds is 5. The van der Waals surface area contributed by atoms with E-state index < -0.39 is 5.97 Å². The Morgan fingerprint density at radius 2 is 2.13 bits per heavy atom. The Balaban J connectivity index is 1.55. The Morgan fingerprint density at radius 3 is 2.90 bits per heavy atom. The minimum atomic E-state index is -0.459. The number of thiophene rings is 1. The van der Waals surface area contributed by atoms with E-state index in [9.17, 15) is 4.79 Å². The molecule has 0 saturated heterocycles. The lowest BCUT2D eigenvalue weighted by Gasteiger charge is -2.27. The number of ether oxygens (including phenoxy) is 2. The van der Waals surface area contributed by atoms with Gasteiger partial charge in [-0.05, 0) is 48.7 Å². The van der Waals surface area contributed by atoms with Crippen molar-refractivity contribution in [1.29, 1.82) is 0 Å². The predicted molar refractivity (Wildman–Crippen MR) is 121 cm³/mol. The SMILES string of the molecule is CCOC(=O)C1=C(N)Oc2ccc(Sc3nc4ccccc4[nH]3)cc2C1c1cccs1. The van der Waals surface area contributed by atoms with Crippen molar-refractivity contribution in [2.45, 2.75) is 22.9 Å². The molecule has 1 aliphatic rings. The number of fused-ring (bicyclic) bond motifs is 2. The van der Waals surface area contributed by atoms with Gasteiger partial charge in [-0.3, -0.25) is 0 Å². The molecule has 1 aliphatic heterocycles. The van der Waals surface area contributed by atoms with Gasteiger partial charge in [0.2, 0.25) is 5.88 Å². The van der Waals surface area contributed by atoms with Crippen LogP contribution in [0, 0.1) is 0 Å². The minimum Gasteiger partial charge on any atom is -0.462 e. The van der Waals surface area contributed by atoms with Crippen LogP contribution in [-0.2, 0) is 9.53 Å². The minimum absolute atomic E-state index is 0.0852. The van der Waals surface area contributed by atoms with Crippen molar-refractivity contribution in [2.75, 3.05) is 6.61 Å². The van der Waals surface area contributed by atoms with Crippen LogP contribution >= 0.6 is 23.1 Å². The zero-order valence-corrected chi connectivity index (χ0v) is 18.3. The van der Waals surface area contributed by atoms with Crippen LogP contribution in [0.5, 0.6) is 5.75 Å². The highest BCUT2D eigenvalue weighted by molar-refractivity contribution is 7.99. The number of nitrogens with one attached hydrogen (secondary N) is 1. The highest BCUT2D eigenvalue weighted by atomic mass is 32.2. The molecule has 4 aromatic rings. The summed E-state index contributed by atoms with van der Waals surface area (Å²) in [4.78, 5) is 22.7. The quantitative estimate of drug-likeness (QED) is 0.415. The van der Waals surface area contributed by atoms with Crippen LogP contribution in [0.3, 0.4) is 0 Å². The van der Waals surface area contributed by atoms with E-state index in [-0.39, 0.29) is 18.4 Å². The van der Waals surface area contributed by atoms with Gasteiger partial charge in [0, 0.05) is 15.3 Å². The van der Waals surface area contributed by atoms with Crippen molar-refractivity contribution >= 4 is 40.1 Å². The predicted octanol–water partition coefficient (Wildman–Crippen LogP) is 5.03. The fourth-order valence-corrected chi connectivity index (χ4v) is 5.35. The van der Waals surface area contributed by atoms with Gasteiger partial charge in [0.15, 0.2) is 5.16 Å². The maximum atomic E-state index is 12.7. The highest BCUT2D eigenvalue weighted by Crippen LogP contribution is 2.45. The summed E-state index contributed by atoms with van der Waals surface area (Å²) in [5, 5.41) is 2.78. The third-order valence-electron chi connectivity index (χ3n) is 4.97. The fourth-order valence-electron chi connectivity index (χ4n) is 3.65. The second-order valence-corrected chi connectivity index (χ2v) is 8.95. The number of nitrogens with two attached hydrogens (primary N) is 1. The number of para-hydroxylation sites is 2. The average Bonchev–Trinajstić information content (AvgIpc) is 3.42. The first-order chi connectivity index (χ1) is 15.1. The number of hydrogen-bond donors (Lipinski definition) is 2. The van der Waals surface area contributed by atoms with E-state index in [1.54, 1.807) is 18.3 Å². The number of benzene rings is 2. The first-order valence-corrected chi connectivity index (χ1v) is 11.5. The molecule has 156 valence electrons. The van der Waals surface area contributed by atoms with Crippen molar-refractivity contribution in [1.82, 2.24) is 9.97 Å². The molecule has 8 heteroatoms. The van der Waals surface area contributed by atoms with E-state index in [0.717, 1.165) is 31.5 Å². The van der Waals surface area contributed by atoms with Crippen molar-refractivity contribution in [3.63, 3.8) is 0 Å². The third kappa shape index (κ3) is 3.68. The third-order valence-corrected chi connectivity index (χ3v) is 6.79. The molecule has 31 heavy (non-hydrogen) atoms. The Morgan fingerprint density at radius 1 is 1.26 bits per heavy atom. The van der Waals surface area contributed by atoms with E-state index in [2.05, 4.69) is 9.97 Å². The lowest BCUT2D eigenvalue weighted by Crippen LogP contribution is -2.27. The summed E-state index contributed by atoms with van der Waals surface area (Å²) >= 11 is 3.09. The molecule has 3 N–H and O–H groups in total. The molecular weight excluding hydrogens is 430 g/mol. The molecule has 0 spiro atoms. The molecule has 5 rings (SSSR count). The van der Waals surface area contributed by atoms with E-state index in [1.165, 1.54) is 11.8 Å². The topological polar surface area (TPSA) is 90.2 Å². The van der Waals surface area contributed by atoms with Crippen molar-refractivity contribution in [2.24, 2.45) is 5.73 Å². The van der Waals surface area contributed by atoms with Gasteiger partial charge in [-0.1, -0.05) is 30.0 Å². The largest absolute Gasteiger partial charge is 0.462 e. The molecule has 2 aromatic heterocycles. The van der Waals surface area contributed by atoms with Gasteiger partial charge in [0.25, 0.3) is 0 Å². The Kier molecular flexibility index (Phi) is 5.17. The number of nitrogens with zero attached hydrogens (tertiary/aromatic N) is 1. The van der Waals surface area contributed by atoms with Crippen LogP contribution in [-0.4, -0.2) is 22.5 Å². The zero-order chi connectivity index (χ0) is 21.4. The molecular formula is C23H19N3O3S2. The van der Waals surface area contributed by atoms with Gasteiger partial charge in [0.1, 0.15) is 11.3 Å². The maximum absolute atomic E-state index is 12.7. The lowest BCUT2D eigenvalue weighted by molar-refractivity contribution is -0.139. The number of esters is 1. The first kappa shape index (κ1) is 19.7. The van der Waals surface area contributed by atoms with Crippen LogP contribution in [0.1, 0.15) is 23.3 Å². The van der Waals surface area contributed by atoms with Crippen molar-refractivity contribution in [3.8, 4) is 5.75 Å². The zero-order valence-electron chi connectivity index (χ0n) is 16.6. The lowest BCUT2D eigenvalue weighted by atomic mass is 9.87. The van der Waals surface area contributed by atoms with Crippen molar-refractivity contribution < 1.29 is 14.3 Å². The maximum Gasteiger partial charge on any atom is 0.340 e. The summed E-state index contributed by atoms with van der Waals surface area (Å²) in [5.41, 5.74) is 9.29. The molecule has 0 aliphatic carbocycles. The van der Waals surface area contributed by atoms with E-state index in [4.69, 9.17) is 15.2 Å². The second-order valence-electron chi connectivity index (χ2n) is 6.91. The van der Waals surface area contributed by atoms with E-state index in [1.807, 2.05) is 60.0 Å². The number of aromatic nitrogens is 2. The van der Waals surface area contributed by atoms with Gasteiger partial charge < -0.3 is 20.2 Å². The number of hydrogen-bond acceptors (Lipinski definition) is 7. The van der Waals surface area contributed by atoms with Gasteiger partial charge in [0.05, 0.1) is 23.6 Å². The average molecular weight is 450 g/mol. The normalized spacial score (nSPS) is 15.6. The molecule has 0 amide bonds. The molecule has 3 heterocycles. The standard InChI is InChI=1S/C23H19N3O3S2/c1-2-28-22(27)20-19(18-8-5-11-30-18)14-12-13(9-10-17(14)29-21(20)24)31-23-25-15-6-3-4-7-16(15)26-23/h3-12,19H,2,24H2,1H3,(H,25,26). The second kappa shape index (κ2) is 8.13. The van der Waals surface area contributed by atoms with Crippen LogP contribution in [0.2, 0.25) is 0 Å². The van der Waals surface area contributed by atoms with Gasteiger partial charge in [-0.25, -0.2) is 9.78 Å². The Bertz CT molecular complexity index is 1260. The summed E-state index contributed by atoms with van der Waals surface area (Å²) in [7, 11) is 0. The Labute approximate surface area is 187 Å². The van der Waals surface area contributed by atoms with Crippen LogP contribution in [0.15, 0.2) is 81.5 Å².